The fourth-order valence-electron chi connectivity index (χ4n) is 1.17. The molecule has 0 aromatic rings. The quantitative estimate of drug-likeness (QED) is 0.529. The van der Waals surface area contributed by atoms with Gasteiger partial charge in [-0.25, -0.2) is 8.78 Å². The molecule has 0 aromatic heterocycles. The minimum absolute atomic E-state index is 0.189. The fourth-order valence-corrected chi connectivity index (χ4v) is 1.17. The molecule has 60 valence electrons. The van der Waals surface area contributed by atoms with Crippen LogP contribution in [-0.4, -0.2) is 23.2 Å². The highest BCUT2D eigenvalue weighted by molar-refractivity contribution is 4.90. The molecule has 3 N–H and O–H groups in total. The summed E-state index contributed by atoms with van der Waals surface area (Å²) in [6.45, 7) is 0. The molecule has 1 fully saturated rings. The van der Waals surface area contributed by atoms with E-state index in [2.05, 4.69) is 0 Å². The van der Waals surface area contributed by atoms with E-state index >= 15 is 0 Å². The van der Waals surface area contributed by atoms with E-state index in [9.17, 15) is 8.78 Å². The minimum Gasteiger partial charge on any atom is -0.391 e. The molecule has 0 saturated heterocycles. The summed E-state index contributed by atoms with van der Waals surface area (Å²) in [7, 11) is 0. The van der Waals surface area contributed by atoms with E-state index in [1.807, 2.05) is 0 Å². The van der Waals surface area contributed by atoms with Gasteiger partial charge in [-0.1, -0.05) is 0 Å². The third-order valence-electron chi connectivity index (χ3n) is 1.91. The van der Waals surface area contributed by atoms with Crippen LogP contribution in [0.25, 0.3) is 0 Å². The zero-order chi connectivity index (χ0) is 7.78. The molecule has 0 amide bonds. The molecule has 0 spiro atoms. The predicted molar refractivity (Wildman–Crippen MR) is 32.8 cm³/mol. The van der Waals surface area contributed by atoms with Crippen molar-refractivity contribution in [1.29, 1.82) is 0 Å². The number of hydrogen-bond donors (Lipinski definition) is 2. The number of rotatable bonds is 0. The van der Waals surface area contributed by atoms with Crippen molar-refractivity contribution >= 4 is 0 Å². The van der Waals surface area contributed by atoms with E-state index in [1.165, 1.54) is 0 Å². The maximum Gasteiger partial charge on any atom is 0.265 e. The van der Waals surface area contributed by atoms with Crippen LogP contribution in [0.5, 0.6) is 0 Å². The summed E-state index contributed by atoms with van der Waals surface area (Å²) in [6.07, 6.45) is -0.451. The molecule has 0 aromatic carbocycles. The number of aliphatic hydroxyl groups is 1. The van der Waals surface area contributed by atoms with Gasteiger partial charge in [0, 0.05) is 6.42 Å². The highest BCUT2D eigenvalue weighted by Gasteiger charge is 2.43. The molecule has 1 aliphatic carbocycles. The Bertz CT molecular complexity index is 129. The first kappa shape index (κ1) is 7.88. The average molecular weight is 151 g/mol. The lowest BCUT2D eigenvalue weighted by atomic mass is 9.90. The van der Waals surface area contributed by atoms with E-state index in [-0.39, 0.29) is 6.42 Å². The average Bonchev–Trinajstić information content (AvgIpc) is 1.83. The normalized spacial score (nSPS) is 39.6. The third-order valence-corrected chi connectivity index (χ3v) is 1.91. The standard InChI is InChI=1S/C6H11F2NO/c7-6(8)3-1-2-4(10)5(6)9/h4-5,10H,1-3,9H2/t4-,5+/m1/s1. The van der Waals surface area contributed by atoms with Gasteiger partial charge in [0.25, 0.3) is 5.92 Å². The highest BCUT2D eigenvalue weighted by atomic mass is 19.3. The number of halogens is 2. The largest absolute Gasteiger partial charge is 0.391 e. The molecular weight excluding hydrogens is 140 g/mol. The summed E-state index contributed by atoms with van der Waals surface area (Å²) in [5.74, 6) is -2.86. The predicted octanol–water partition coefficient (Wildman–Crippen LogP) is 0.494. The topological polar surface area (TPSA) is 46.2 Å². The second kappa shape index (κ2) is 2.43. The molecule has 0 bridgehead atoms. The maximum atomic E-state index is 12.6. The summed E-state index contributed by atoms with van der Waals surface area (Å²) in [5.41, 5.74) is 5.06. The fraction of sp³-hybridized carbons (Fsp3) is 1.00. The van der Waals surface area contributed by atoms with Crippen LogP contribution in [0.15, 0.2) is 0 Å². The number of aliphatic hydroxyl groups excluding tert-OH is 1. The van der Waals surface area contributed by atoms with Crippen LogP contribution >= 0.6 is 0 Å². The molecule has 1 saturated carbocycles. The van der Waals surface area contributed by atoms with Crippen LogP contribution in [0.1, 0.15) is 19.3 Å². The first-order valence-electron chi connectivity index (χ1n) is 3.35. The summed E-state index contributed by atoms with van der Waals surface area (Å²) >= 11 is 0. The Morgan fingerprint density at radius 2 is 2.10 bits per heavy atom. The van der Waals surface area contributed by atoms with E-state index in [0.717, 1.165) is 0 Å². The van der Waals surface area contributed by atoms with Gasteiger partial charge in [0.1, 0.15) is 0 Å². The first-order chi connectivity index (χ1) is 4.54. The highest BCUT2D eigenvalue weighted by Crippen LogP contribution is 2.32. The van der Waals surface area contributed by atoms with Crippen LogP contribution in [0, 0.1) is 0 Å². The van der Waals surface area contributed by atoms with Gasteiger partial charge in [0.15, 0.2) is 0 Å². The Hall–Kier alpha value is -0.220. The number of hydrogen-bond acceptors (Lipinski definition) is 2. The smallest absolute Gasteiger partial charge is 0.265 e. The summed E-state index contributed by atoms with van der Waals surface area (Å²) in [6, 6.07) is -1.36. The van der Waals surface area contributed by atoms with E-state index in [0.29, 0.717) is 12.8 Å². The van der Waals surface area contributed by atoms with Crippen molar-refractivity contribution in [2.45, 2.75) is 37.3 Å². The molecule has 2 atom stereocenters. The van der Waals surface area contributed by atoms with E-state index in [4.69, 9.17) is 10.8 Å². The Morgan fingerprint density at radius 1 is 1.50 bits per heavy atom. The van der Waals surface area contributed by atoms with Gasteiger partial charge >= 0.3 is 0 Å². The van der Waals surface area contributed by atoms with Gasteiger partial charge in [-0.15, -0.1) is 0 Å². The van der Waals surface area contributed by atoms with Crippen molar-refractivity contribution in [2.75, 3.05) is 0 Å². The van der Waals surface area contributed by atoms with Crippen LogP contribution in [0.4, 0.5) is 8.78 Å². The SMILES string of the molecule is N[C@H]1[C@H](O)CCCC1(F)F. The molecule has 0 unspecified atom stereocenters. The molecule has 10 heavy (non-hydrogen) atoms. The van der Waals surface area contributed by atoms with Crippen molar-refractivity contribution in [1.82, 2.24) is 0 Å². The van der Waals surface area contributed by atoms with Crippen molar-refractivity contribution in [3.05, 3.63) is 0 Å². The monoisotopic (exact) mass is 151 g/mol. The van der Waals surface area contributed by atoms with Gasteiger partial charge in [0.05, 0.1) is 12.1 Å². The van der Waals surface area contributed by atoms with Gasteiger partial charge in [0.2, 0.25) is 0 Å². The Labute approximate surface area is 58.0 Å². The van der Waals surface area contributed by atoms with Gasteiger partial charge < -0.3 is 10.8 Å². The van der Waals surface area contributed by atoms with Crippen molar-refractivity contribution < 1.29 is 13.9 Å². The molecule has 0 aliphatic heterocycles. The van der Waals surface area contributed by atoms with Crippen LogP contribution in [0.3, 0.4) is 0 Å². The first-order valence-corrected chi connectivity index (χ1v) is 3.35. The lowest BCUT2D eigenvalue weighted by molar-refractivity contribution is -0.0953. The minimum atomic E-state index is -2.86. The van der Waals surface area contributed by atoms with Crippen LogP contribution in [-0.2, 0) is 0 Å². The molecule has 4 heteroatoms. The second-order valence-electron chi connectivity index (χ2n) is 2.75. The molecule has 2 nitrogen and oxygen atoms in total. The summed E-state index contributed by atoms with van der Waals surface area (Å²) < 4.78 is 25.1. The van der Waals surface area contributed by atoms with Crippen LogP contribution < -0.4 is 5.73 Å². The molecular formula is C6H11F2NO. The molecule has 1 rings (SSSR count). The molecule has 1 aliphatic rings. The lowest BCUT2D eigenvalue weighted by Crippen LogP contribution is -2.52. The number of alkyl halides is 2. The van der Waals surface area contributed by atoms with Gasteiger partial charge in [-0.05, 0) is 12.8 Å². The van der Waals surface area contributed by atoms with Crippen molar-refractivity contribution in [3.8, 4) is 0 Å². The summed E-state index contributed by atoms with van der Waals surface area (Å²) in [5, 5.41) is 8.91. The van der Waals surface area contributed by atoms with Crippen molar-refractivity contribution in [2.24, 2.45) is 5.73 Å². The second-order valence-corrected chi connectivity index (χ2v) is 2.75. The lowest BCUT2D eigenvalue weighted by Gasteiger charge is -2.32. The molecule has 0 heterocycles. The van der Waals surface area contributed by atoms with Gasteiger partial charge in [-0.3, -0.25) is 0 Å². The van der Waals surface area contributed by atoms with Crippen LogP contribution in [0.2, 0.25) is 0 Å². The zero-order valence-electron chi connectivity index (χ0n) is 5.56. The van der Waals surface area contributed by atoms with Gasteiger partial charge in [-0.2, -0.15) is 0 Å². The number of nitrogens with two attached hydrogens (primary N) is 1. The Kier molecular flexibility index (Phi) is 1.92. The summed E-state index contributed by atoms with van der Waals surface area (Å²) in [4.78, 5) is 0. The third kappa shape index (κ3) is 1.27. The van der Waals surface area contributed by atoms with E-state index in [1.54, 1.807) is 0 Å². The van der Waals surface area contributed by atoms with Crippen molar-refractivity contribution in [3.63, 3.8) is 0 Å². The maximum absolute atomic E-state index is 12.6. The zero-order valence-corrected chi connectivity index (χ0v) is 5.56. The Morgan fingerprint density at radius 3 is 2.50 bits per heavy atom. The van der Waals surface area contributed by atoms with E-state index < -0.39 is 18.1 Å². The Balaban J connectivity index is 2.60. The molecule has 0 radical (unpaired) electrons.